The molecule has 0 radical (unpaired) electrons. The molecule has 1 aliphatic heterocycles. The van der Waals surface area contributed by atoms with Crippen molar-refractivity contribution in [2.24, 2.45) is 11.5 Å². The molecule has 0 saturated heterocycles. The van der Waals surface area contributed by atoms with Crippen LogP contribution in [-0.2, 0) is 0 Å². The standard InChI is InChI=1S/C6H9N3S/c7-5-1-2-9-3-4(5)6(8)10/h1,3,9H,2,7H2,(H2,8,10). The third-order valence-electron chi connectivity index (χ3n) is 1.26. The fourth-order valence-electron chi connectivity index (χ4n) is 0.737. The first-order valence-corrected chi connectivity index (χ1v) is 3.32. The van der Waals surface area contributed by atoms with Gasteiger partial charge in [-0.2, -0.15) is 0 Å². The zero-order chi connectivity index (χ0) is 7.56. The van der Waals surface area contributed by atoms with Crippen LogP contribution in [0.3, 0.4) is 0 Å². The Morgan fingerprint density at radius 2 is 2.40 bits per heavy atom. The average Bonchev–Trinajstić information content (AvgIpc) is 1.88. The second-order valence-electron chi connectivity index (χ2n) is 1.99. The molecule has 0 bridgehead atoms. The normalized spacial score (nSPS) is 16.8. The molecular formula is C6H9N3S. The molecule has 1 aliphatic rings. The summed E-state index contributed by atoms with van der Waals surface area (Å²) in [6, 6.07) is 0. The van der Waals surface area contributed by atoms with Gasteiger partial charge >= 0.3 is 0 Å². The van der Waals surface area contributed by atoms with E-state index in [0.717, 1.165) is 12.1 Å². The van der Waals surface area contributed by atoms with Gasteiger partial charge in [0.05, 0.1) is 0 Å². The van der Waals surface area contributed by atoms with Crippen molar-refractivity contribution in [1.82, 2.24) is 5.32 Å². The predicted molar refractivity (Wildman–Crippen MR) is 45.1 cm³/mol. The molecule has 0 aromatic rings. The Kier molecular flexibility index (Phi) is 1.91. The van der Waals surface area contributed by atoms with Crippen molar-refractivity contribution < 1.29 is 0 Å². The van der Waals surface area contributed by atoms with Crippen LogP contribution in [0.15, 0.2) is 23.5 Å². The van der Waals surface area contributed by atoms with E-state index >= 15 is 0 Å². The van der Waals surface area contributed by atoms with Crippen LogP contribution in [0.2, 0.25) is 0 Å². The van der Waals surface area contributed by atoms with Gasteiger partial charge in [0.15, 0.2) is 0 Å². The van der Waals surface area contributed by atoms with Gasteiger partial charge in [-0.25, -0.2) is 0 Å². The van der Waals surface area contributed by atoms with Crippen molar-refractivity contribution in [2.45, 2.75) is 0 Å². The van der Waals surface area contributed by atoms with Gasteiger partial charge in [-0.1, -0.05) is 12.2 Å². The van der Waals surface area contributed by atoms with Crippen molar-refractivity contribution in [3.05, 3.63) is 23.5 Å². The fraction of sp³-hybridized carbons (Fsp3) is 0.167. The first-order chi connectivity index (χ1) is 4.72. The lowest BCUT2D eigenvalue weighted by atomic mass is 10.1. The van der Waals surface area contributed by atoms with Gasteiger partial charge in [-0.3, -0.25) is 0 Å². The highest BCUT2D eigenvalue weighted by Gasteiger charge is 2.06. The maximum absolute atomic E-state index is 5.57. The fourth-order valence-corrected chi connectivity index (χ4v) is 0.913. The van der Waals surface area contributed by atoms with Crippen LogP contribution < -0.4 is 16.8 Å². The summed E-state index contributed by atoms with van der Waals surface area (Å²) in [4.78, 5) is 0.334. The van der Waals surface area contributed by atoms with Gasteiger partial charge in [0.25, 0.3) is 0 Å². The van der Waals surface area contributed by atoms with Crippen LogP contribution in [0.25, 0.3) is 0 Å². The van der Waals surface area contributed by atoms with Gasteiger partial charge in [-0.05, 0) is 6.08 Å². The summed E-state index contributed by atoms with van der Waals surface area (Å²) in [5.41, 5.74) is 12.3. The van der Waals surface area contributed by atoms with Crippen molar-refractivity contribution >= 4 is 17.2 Å². The van der Waals surface area contributed by atoms with Gasteiger partial charge in [-0.15, -0.1) is 0 Å². The molecule has 0 unspecified atom stereocenters. The lowest BCUT2D eigenvalue weighted by Crippen LogP contribution is -2.24. The third kappa shape index (κ3) is 1.27. The quantitative estimate of drug-likeness (QED) is 0.451. The number of hydrogen-bond donors (Lipinski definition) is 3. The van der Waals surface area contributed by atoms with Crippen molar-refractivity contribution in [3.63, 3.8) is 0 Å². The van der Waals surface area contributed by atoms with Crippen LogP contribution >= 0.6 is 12.2 Å². The van der Waals surface area contributed by atoms with Crippen molar-refractivity contribution in [3.8, 4) is 0 Å². The number of nitrogens with two attached hydrogens (primary N) is 2. The summed E-state index contributed by atoms with van der Waals surface area (Å²) >= 11 is 4.74. The molecule has 0 aromatic carbocycles. The number of nitrogens with one attached hydrogen (secondary N) is 1. The molecule has 5 N–H and O–H groups in total. The van der Waals surface area contributed by atoms with Crippen molar-refractivity contribution in [1.29, 1.82) is 0 Å². The number of dihydropyridines is 1. The first kappa shape index (κ1) is 7.08. The lowest BCUT2D eigenvalue weighted by molar-refractivity contribution is 0.945. The molecule has 0 atom stereocenters. The minimum atomic E-state index is 0.334. The van der Waals surface area contributed by atoms with E-state index in [1.165, 1.54) is 0 Å². The molecular weight excluding hydrogens is 146 g/mol. The number of rotatable bonds is 1. The largest absolute Gasteiger partial charge is 0.398 e. The van der Waals surface area contributed by atoms with Gasteiger partial charge in [0.2, 0.25) is 0 Å². The monoisotopic (exact) mass is 155 g/mol. The van der Waals surface area contributed by atoms with Gasteiger partial charge in [0, 0.05) is 24.0 Å². The van der Waals surface area contributed by atoms with E-state index < -0.39 is 0 Å². The molecule has 54 valence electrons. The van der Waals surface area contributed by atoms with E-state index in [-0.39, 0.29) is 0 Å². The summed E-state index contributed by atoms with van der Waals surface area (Å²) in [5.74, 6) is 0. The van der Waals surface area contributed by atoms with Gasteiger partial charge in [0.1, 0.15) is 4.99 Å². The molecule has 0 saturated carbocycles. The van der Waals surface area contributed by atoms with Gasteiger partial charge < -0.3 is 16.8 Å². The summed E-state index contributed by atoms with van der Waals surface area (Å²) < 4.78 is 0. The van der Waals surface area contributed by atoms with Crippen LogP contribution in [0.1, 0.15) is 0 Å². The summed E-state index contributed by atoms with van der Waals surface area (Å²) in [5, 5.41) is 2.96. The molecule has 0 amide bonds. The molecule has 0 aliphatic carbocycles. The minimum absolute atomic E-state index is 0.334. The second-order valence-corrected chi connectivity index (χ2v) is 2.43. The van der Waals surface area contributed by atoms with E-state index in [1.807, 2.05) is 6.08 Å². The molecule has 0 aromatic heterocycles. The van der Waals surface area contributed by atoms with Crippen LogP contribution in [0.4, 0.5) is 0 Å². The third-order valence-corrected chi connectivity index (χ3v) is 1.48. The smallest absolute Gasteiger partial charge is 0.107 e. The molecule has 1 rings (SSSR count). The van der Waals surface area contributed by atoms with Crippen LogP contribution in [0.5, 0.6) is 0 Å². The van der Waals surface area contributed by atoms with E-state index in [2.05, 4.69) is 5.32 Å². The lowest BCUT2D eigenvalue weighted by Gasteiger charge is -2.11. The predicted octanol–water partition coefficient (Wildman–Crippen LogP) is -0.398. The summed E-state index contributed by atoms with van der Waals surface area (Å²) in [6.45, 7) is 0.748. The molecule has 4 heteroatoms. The summed E-state index contributed by atoms with van der Waals surface area (Å²) in [7, 11) is 0. The molecule has 0 fully saturated rings. The second kappa shape index (κ2) is 2.70. The Morgan fingerprint density at radius 3 is 2.80 bits per heavy atom. The highest BCUT2D eigenvalue weighted by molar-refractivity contribution is 7.80. The zero-order valence-corrected chi connectivity index (χ0v) is 6.24. The SMILES string of the molecule is NC(=S)C1=CNCC=C1N. The van der Waals surface area contributed by atoms with Crippen molar-refractivity contribution in [2.75, 3.05) is 6.54 Å². The highest BCUT2D eigenvalue weighted by atomic mass is 32.1. The molecule has 10 heavy (non-hydrogen) atoms. The maximum Gasteiger partial charge on any atom is 0.107 e. The molecule has 3 nitrogen and oxygen atoms in total. The minimum Gasteiger partial charge on any atom is -0.398 e. The Balaban J connectivity index is 2.84. The Labute approximate surface area is 64.8 Å². The Bertz CT molecular complexity index is 217. The Hall–Kier alpha value is -1.03. The first-order valence-electron chi connectivity index (χ1n) is 2.91. The topological polar surface area (TPSA) is 64.1 Å². The highest BCUT2D eigenvalue weighted by Crippen LogP contribution is 2.05. The van der Waals surface area contributed by atoms with Crippen LogP contribution in [-0.4, -0.2) is 11.5 Å². The Morgan fingerprint density at radius 1 is 1.70 bits per heavy atom. The van der Waals surface area contributed by atoms with Crippen LogP contribution in [0, 0.1) is 0 Å². The number of hydrogen-bond acceptors (Lipinski definition) is 3. The van der Waals surface area contributed by atoms with E-state index in [1.54, 1.807) is 6.20 Å². The van der Waals surface area contributed by atoms with E-state index in [0.29, 0.717) is 10.7 Å². The average molecular weight is 155 g/mol. The number of thiocarbonyl (C=S) groups is 1. The molecule has 1 heterocycles. The van der Waals surface area contributed by atoms with E-state index in [9.17, 15) is 0 Å². The zero-order valence-electron chi connectivity index (χ0n) is 5.42. The molecule has 0 spiro atoms. The van der Waals surface area contributed by atoms with E-state index in [4.69, 9.17) is 23.7 Å². The summed E-state index contributed by atoms with van der Waals surface area (Å²) in [6.07, 6.45) is 3.58. The maximum atomic E-state index is 5.57.